The molecular weight excluding hydrogens is 332 g/mol. The fourth-order valence-electron chi connectivity index (χ4n) is 1.69. The van der Waals surface area contributed by atoms with Crippen LogP contribution in [0.4, 0.5) is 0 Å². The maximum Gasteiger partial charge on any atom is 0.371 e. The number of rotatable bonds is 2. The normalized spacial score (nSPS) is 9.33. The number of hydrogen-bond acceptors (Lipinski definition) is 5. The molecule has 0 radical (unpaired) electrons. The summed E-state index contributed by atoms with van der Waals surface area (Å²) < 4.78 is 8.80. The van der Waals surface area contributed by atoms with Gasteiger partial charge in [-0.15, -0.1) is 0 Å². The first-order valence-corrected chi connectivity index (χ1v) is 7.84. The number of H-pyrrole nitrogens is 1. The van der Waals surface area contributed by atoms with Crippen molar-refractivity contribution in [1.29, 1.82) is 0 Å². The van der Waals surface area contributed by atoms with Gasteiger partial charge in [0.15, 0.2) is 5.56 Å². The van der Waals surface area contributed by atoms with E-state index in [0.717, 1.165) is 10.8 Å². The Bertz CT molecular complexity index is 821. The molecule has 0 saturated carbocycles. The topological polar surface area (TPSA) is 85.2 Å². The van der Waals surface area contributed by atoms with Gasteiger partial charge in [-0.1, -0.05) is 49.7 Å². The molecule has 0 unspecified atom stereocenters. The molecule has 2 aromatic heterocycles. The van der Waals surface area contributed by atoms with Crippen LogP contribution in [0, 0.1) is 0 Å². The highest BCUT2D eigenvalue weighted by Crippen LogP contribution is 2.19. The average molecular weight is 351 g/mol. The molecule has 0 atom stereocenters. The molecule has 2 heterocycles. The van der Waals surface area contributed by atoms with Crippen molar-refractivity contribution in [3.05, 3.63) is 63.9 Å². The zero-order valence-corrected chi connectivity index (χ0v) is 14.5. The van der Waals surface area contributed by atoms with Crippen molar-refractivity contribution in [1.82, 2.24) is 10.1 Å². The van der Waals surface area contributed by atoms with Crippen molar-refractivity contribution < 1.29 is 14.1 Å². The van der Waals surface area contributed by atoms with Crippen LogP contribution in [0.25, 0.3) is 10.8 Å². The molecule has 3 aromatic rings. The summed E-state index contributed by atoms with van der Waals surface area (Å²) >= 11 is 5.85. The van der Waals surface area contributed by atoms with Crippen LogP contribution in [0.2, 0.25) is 5.15 Å². The summed E-state index contributed by atoms with van der Waals surface area (Å²) in [4.78, 5) is 25.4. The van der Waals surface area contributed by atoms with Crippen LogP contribution in [-0.2, 0) is 4.74 Å². The second-order valence-corrected chi connectivity index (χ2v) is 4.47. The molecule has 0 fully saturated rings. The summed E-state index contributed by atoms with van der Waals surface area (Å²) in [6, 6.07) is 9.86. The molecule has 3 rings (SSSR count). The largest absolute Gasteiger partial charge is 0.462 e. The van der Waals surface area contributed by atoms with E-state index in [-0.39, 0.29) is 12.2 Å². The first-order chi connectivity index (χ1) is 11.6. The second kappa shape index (κ2) is 10.2. The van der Waals surface area contributed by atoms with Crippen LogP contribution in [-0.4, -0.2) is 22.7 Å². The van der Waals surface area contributed by atoms with Crippen molar-refractivity contribution in [2.24, 2.45) is 0 Å². The third-order valence-corrected chi connectivity index (χ3v) is 3.00. The minimum absolute atomic E-state index is 0.105. The van der Waals surface area contributed by atoms with E-state index in [0.29, 0.717) is 5.15 Å². The minimum atomic E-state index is -0.705. The van der Waals surface area contributed by atoms with E-state index in [9.17, 15) is 9.59 Å². The zero-order chi connectivity index (χ0) is 17.9. The van der Waals surface area contributed by atoms with Gasteiger partial charge < -0.3 is 9.26 Å². The summed E-state index contributed by atoms with van der Waals surface area (Å²) in [6.07, 6.45) is 2.88. The van der Waals surface area contributed by atoms with E-state index in [4.69, 9.17) is 11.6 Å². The van der Waals surface area contributed by atoms with Crippen molar-refractivity contribution >= 4 is 28.3 Å². The third-order valence-electron chi connectivity index (χ3n) is 2.70. The van der Waals surface area contributed by atoms with Gasteiger partial charge in [-0.2, -0.15) is 0 Å². The number of ether oxygens (including phenoxy) is 1. The molecule has 128 valence electrons. The average Bonchev–Trinajstić information content (AvgIpc) is 3.04. The number of nitrogens with zero attached hydrogens (tertiary/aromatic N) is 1. The van der Waals surface area contributed by atoms with Crippen LogP contribution < -0.4 is 5.63 Å². The van der Waals surface area contributed by atoms with E-state index in [1.807, 2.05) is 44.2 Å². The lowest BCUT2D eigenvalue weighted by Gasteiger charge is -1.96. The Morgan fingerprint density at radius 1 is 1.29 bits per heavy atom. The number of nitrogens with one attached hydrogen (secondary N) is 1. The number of carbonyl (C=O) groups is 1. The first-order valence-electron chi connectivity index (χ1n) is 7.46. The van der Waals surface area contributed by atoms with Crippen LogP contribution >= 0.6 is 11.6 Å². The molecule has 1 N–H and O–H groups in total. The number of aromatic amines is 1. The Morgan fingerprint density at radius 3 is 2.58 bits per heavy atom. The molecule has 0 amide bonds. The number of aromatic nitrogens is 2. The molecule has 24 heavy (non-hydrogen) atoms. The molecule has 6 nitrogen and oxygen atoms in total. The van der Waals surface area contributed by atoms with Crippen molar-refractivity contribution in [2.75, 3.05) is 6.61 Å². The Morgan fingerprint density at radius 2 is 2.00 bits per heavy atom. The van der Waals surface area contributed by atoms with Gasteiger partial charge in [-0.05, 0) is 18.4 Å². The Hall–Kier alpha value is -2.60. The van der Waals surface area contributed by atoms with Gasteiger partial charge in [0.05, 0.1) is 12.8 Å². The number of halogens is 1. The molecule has 0 aliphatic rings. The van der Waals surface area contributed by atoms with Gasteiger partial charge in [-0.25, -0.2) is 19.7 Å². The summed E-state index contributed by atoms with van der Waals surface area (Å²) in [6.45, 7) is 5.90. The molecule has 1 aromatic carbocycles. The smallest absolute Gasteiger partial charge is 0.371 e. The number of pyridine rings is 1. The van der Waals surface area contributed by atoms with Crippen LogP contribution in [0.5, 0.6) is 0 Å². The lowest BCUT2D eigenvalue weighted by Crippen LogP contribution is -2.12. The lowest BCUT2D eigenvalue weighted by atomic mass is 10.2. The number of fused-ring (bicyclic) bond motifs is 1. The van der Waals surface area contributed by atoms with Gasteiger partial charge in [0.2, 0.25) is 0 Å². The molecule has 0 aliphatic carbocycles. The van der Waals surface area contributed by atoms with E-state index < -0.39 is 11.6 Å². The van der Waals surface area contributed by atoms with Gasteiger partial charge in [-0.3, -0.25) is 0 Å². The Kier molecular flexibility index (Phi) is 8.29. The lowest BCUT2D eigenvalue weighted by molar-refractivity contribution is 0.0523. The predicted octanol–water partition coefficient (Wildman–Crippen LogP) is 4.06. The summed E-state index contributed by atoms with van der Waals surface area (Å²) in [5.41, 5.74) is -0.810. The maximum absolute atomic E-state index is 10.8. The SMILES string of the molecule is CC.CCOC(=O)c1c[nH]oc1=O.Clc1nccc2ccccc12. The predicted molar refractivity (Wildman–Crippen MR) is 93.4 cm³/mol. The summed E-state index contributed by atoms with van der Waals surface area (Å²) in [7, 11) is 0. The van der Waals surface area contributed by atoms with Gasteiger partial charge in [0, 0.05) is 11.6 Å². The molecular formula is C17H19ClN2O4. The molecule has 0 spiro atoms. The second-order valence-electron chi connectivity index (χ2n) is 4.11. The maximum atomic E-state index is 10.8. The number of hydrogen-bond donors (Lipinski definition) is 1. The van der Waals surface area contributed by atoms with Crippen LogP contribution in [0.3, 0.4) is 0 Å². The zero-order valence-electron chi connectivity index (χ0n) is 13.7. The van der Waals surface area contributed by atoms with Gasteiger partial charge in [0.1, 0.15) is 5.15 Å². The number of carbonyl (C=O) groups excluding carboxylic acids is 1. The molecule has 7 heteroatoms. The molecule has 0 aliphatic heterocycles. The first kappa shape index (κ1) is 19.4. The highest BCUT2D eigenvalue weighted by molar-refractivity contribution is 6.34. The highest BCUT2D eigenvalue weighted by atomic mass is 35.5. The van der Waals surface area contributed by atoms with Crippen molar-refractivity contribution in [3.8, 4) is 0 Å². The number of esters is 1. The Balaban J connectivity index is 0.000000218. The van der Waals surface area contributed by atoms with Crippen molar-refractivity contribution in [2.45, 2.75) is 20.8 Å². The third kappa shape index (κ3) is 5.24. The van der Waals surface area contributed by atoms with Crippen LogP contribution in [0.1, 0.15) is 31.1 Å². The summed E-state index contributed by atoms with van der Waals surface area (Å²) in [5, 5.41) is 4.86. The fraction of sp³-hybridized carbons (Fsp3) is 0.235. The van der Waals surface area contributed by atoms with Crippen LogP contribution in [0.15, 0.2) is 52.0 Å². The minimum Gasteiger partial charge on any atom is -0.462 e. The fourth-order valence-corrected chi connectivity index (χ4v) is 1.92. The highest BCUT2D eigenvalue weighted by Gasteiger charge is 2.12. The van der Waals surface area contributed by atoms with Crippen molar-refractivity contribution in [3.63, 3.8) is 0 Å². The molecule has 0 saturated heterocycles. The van der Waals surface area contributed by atoms with E-state index in [1.165, 1.54) is 6.20 Å². The van der Waals surface area contributed by atoms with E-state index in [2.05, 4.69) is 19.4 Å². The summed E-state index contributed by atoms with van der Waals surface area (Å²) in [5.74, 6) is -0.664. The standard InChI is InChI=1S/C9H6ClN.C6H7NO4.C2H6/c10-9-8-4-2-1-3-7(8)5-6-11-9;1-2-10-5(8)4-3-7-11-6(4)9;1-2/h1-6H;3,7H,2H2,1H3;1-2H3. The quantitative estimate of drug-likeness (QED) is 0.556. The molecule has 0 bridgehead atoms. The number of benzene rings is 1. The monoisotopic (exact) mass is 350 g/mol. The van der Waals surface area contributed by atoms with E-state index in [1.54, 1.807) is 13.1 Å². The van der Waals surface area contributed by atoms with Gasteiger partial charge in [0.25, 0.3) is 0 Å². The van der Waals surface area contributed by atoms with Gasteiger partial charge >= 0.3 is 11.6 Å². The Labute approximate surface area is 144 Å². The van der Waals surface area contributed by atoms with E-state index >= 15 is 0 Å².